The molecule has 1 unspecified atom stereocenters. The van der Waals surface area contributed by atoms with Gasteiger partial charge in [-0.1, -0.05) is 54.1 Å². The predicted octanol–water partition coefficient (Wildman–Crippen LogP) is 6.72. The first-order valence-electron chi connectivity index (χ1n) is 11.6. The third-order valence-electron chi connectivity index (χ3n) is 5.65. The van der Waals surface area contributed by atoms with Crippen molar-refractivity contribution in [2.45, 2.75) is 16.6 Å². The van der Waals surface area contributed by atoms with E-state index in [9.17, 15) is 9.59 Å². The third kappa shape index (κ3) is 6.44. The maximum atomic E-state index is 13.4. The van der Waals surface area contributed by atoms with Crippen LogP contribution < -0.4 is 20.1 Å². The lowest BCUT2D eigenvalue weighted by Crippen LogP contribution is -2.19. The summed E-state index contributed by atoms with van der Waals surface area (Å²) in [5, 5.41) is 6.05. The molecule has 0 spiro atoms. The van der Waals surface area contributed by atoms with E-state index in [0.717, 1.165) is 16.0 Å². The largest absolute Gasteiger partial charge is 0.454 e. The van der Waals surface area contributed by atoms with Gasteiger partial charge in [0.15, 0.2) is 11.5 Å². The molecule has 0 aromatic heterocycles. The van der Waals surface area contributed by atoms with Crippen LogP contribution in [0.15, 0.2) is 102 Å². The van der Waals surface area contributed by atoms with E-state index >= 15 is 0 Å². The fraction of sp³-hybridized carbons (Fsp3) is 0.103. The Morgan fingerprint density at radius 1 is 0.811 bits per heavy atom. The van der Waals surface area contributed by atoms with Crippen LogP contribution in [-0.2, 0) is 16.0 Å². The van der Waals surface area contributed by atoms with E-state index in [1.165, 1.54) is 11.8 Å². The molecule has 4 aromatic carbocycles. The van der Waals surface area contributed by atoms with Crippen molar-refractivity contribution in [1.82, 2.24) is 0 Å². The summed E-state index contributed by atoms with van der Waals surface area (Å²) >= 11 is 7.34. The van der Waals surface area contributed by atoms with Gasteiger partial charge in [0, 0.05) is 27.4 Å². The van der Waals surface area contributed by atoms with Crippen molar-refractivity contribution >= 4 is 46.6 Å². The van der Waals surface area contributed by atoms with Crippen LogP contribution in [0, 0.1) is 0 Å². The molecule has 1 aliphatic rings. The molecule has 5 rings (SSSR count). The maximum absolute atomic E-state index is 13.4. The Hall–Kier alpha value is -3.94. The summed E-state index contributed by atoms with van der Waals surface area (Å²) in [5.41, 5.74) is 3.08. The second-order valence-electron chi connectivity index (χ2n) is 8.34. The first-order chi connectivity index (χ1) is 18.0. The number of thioether (sulfide) groups is 1. The van der Waals surface area contributed by atoms with Crippen molar-refractivity contribution in [2.24, 2.45) is 0 Å². The highest BCUT2D eigenvalue weighted by Crippen LogP contribution is 2.38. The summed E-state index contributed by atoms with van der Waals surface area (Å²) < 4.78 is 10.8. The van der Waals surface area contributed by atoms with Gasteiger partial charge in [0.25, 0.3) is 0 Å². The maximum Gasteiger partial charge on any atom is 0.242 e. The van der Waals surface area contributed by atoms with Gasteiger partial charge in [0.1, 0.15) is 5.25 Å². The Kier molecular flexibility index (Phi) is 7.63. The lowest BCUT2D eigenvalue weighted by atomic mass is 10.1. The molecule has 1 heterocycles. The number of rotatable bonds is 8. The average Bonchev–Trinajstić information content (AvgIpc) is 3.38. The molecule has 186 valence electrons. The lowest BCUT2D eigenvalue weighted by Gasteiger charge is -2.17. The SMILES string of the molecule is O=C(Cc1ccc(Cl)cc1)Nc1ccc(SC(C(=O)Nc2ccc3c(c2)OCO3)c2ccccc2)cc1. The van der Waals surface area contributed by atoms with Crippen LogP contribution in [0.2, 0.25) is 5.02 Å². The predicted molar refractivity (Wildman–Crippen MR) is 146 cm³/mol. The van der Waals surface area contributed by atoms with Gasteiger partial charge in [-0.3, -0.25) is 9.59 Å². The molecule has 37 heavy (non-hydrogen) atoms. The molecular weight excluding hydrogens is 508 g/mol. The number of nitrogens with one attached hydrogen (secondary N) is 2. The van der Waals surface area contributed by atoms with Crippen molar-refractivity contribution in [3.63, 3.8) is 0 Å². The Bertz CT molecular complexity index is 1400. The van der Waals surface area contributed by atoms with Gasteiger partial charge in [-0.15, -0.1) is 11.8 Å². The first kappa shape index (κ1) is 24.7. The molecule has 6 nitrogen and oxygen atoms in total. The number of carbonyl (C=O) groups excluding carboxylic acids is 2. The van der Waals surface area contributed by atoms with Crippen LogP contribution in [-0.4, -0.2) is 18.6 Å². The standard InChI is InChI=1S/C29H23ClN2O4S/c30-21-8-6-19(7-9-21)16-27(33)31-22-10-13-24(14-11-22)37-28(20-4-2-1-3-5-20)29(34)32-23-12-15-25-26(17-23)36-18-35-25/h1-15,17,28H,16,18H2,(H,31,33)(H,32,34). The minimum Gasteiger partial charge on any atom is -0.454 e. The number of amides is 2. The summed E-state index contributed by atoms with van der Waals surface area (Å²) in [6.07, 6.45) is 0.254. The molecule has 1 atom stereocenters. The van der Waals surface area contributed by atoms with Gasteiger partial charge in [-0.05, 0) is 59.7 Å². The Morgan fingerprint density at radius 3 is 2.27 bits per heavy atom. The average molecular weight is 531 g/mol. The minimum absolute atomic E-state index is 0.118. The molecule has 0 bridgehead atoms. The number of halogens is 1. The van der Waals surface area contributed by atoms with Gasteiger partial charge in [0.2, 0.25) is 18.6 Å². The normalized spacial score (nSPS) is 12.6. The Labute approximate surface area is 223 Å². The minimum atomic E-state index is -0.489. The lowest BCUT2D eigenvalue weighted by molar-refractivity contribution is -0.116. The highest BCUT2D eigenvalue weighted by atomic mass is 35.5. The van der Waals surface area contributed by atoms with Crippen molar-refractivity contribution in [3.05, 3.63) is 113 Å². The van der Waals surface area contributed by atoms with Crippen LogP contribution in [0.1, 0.15) is 16.4 Å². The van der Waals surface area contributed by atoms with Crippen LogP contribution in [0.3, 0.4) is 0 Å². The van der Waals surface area contributed by atoms with Gasteiger partial charge >= 0.3 is 0 Å². The fourth-order valence-electron chi connectivity index (χ4n) is 3.83. The molecule has 8 heteroatoms. The summed E-state index contributed by atoms with van der Waals surface area (Å²) in [5.74, 6) is 0.992. The number of carbonyl (C=O) groups is 2. The zero-order valence-corrected chi connectivity index (χ0v) is 21.2. The summed E-state index contributed by atoms with van der Waals surface area (Å²) in [7, 11) is 0. The topological polar surface area (TPSA) is 76.7 Å². The summed E-state index contributed by atoms with van der Waals surface area (Å²) in [4.78, 5) is 26.7. The first-order valence-corrected chi connectivity index (χ1v) is 12.9. The van der Waals surface area contributed by atoms with E-state index in [4.69, 9.17) is 21.1 Å². The quantitative estimate of drug-likeness (QED) is 0.247. The van der Waals surface area contributed by atoms with E-state index in [1.807, 2.05) is 66.7 Å². The van der Waals surface area contributed by atoms with Gasteiger partial charge in [0.05, 0.1) is 6.42 Å². The Balaban J connectivity index is 1.26. The van der Waals surface area contributed by atoms with E-state index < -0.39 is 5.25 Å². The molecule has 0 saturated heterocycles. The molecule has 0 saturated carbocycles. The molecule has 4 aromatic rings. The molecule has 2 amide bonds. The highest BCUT2D eigenvalue weighted by molar-refractivity contribution is 8.00. The van der Waals surface area contributed by atoms with Crippen LogP contribution in [0.25, 0.3) is 0 Å². The van der Waals surface area contributed by atoms with E-state index in [2.05, 4.69) is 10.6 Å². The molecule has 0 radical (unpaired) electrons. The van der Waals surface area contributed by atoms with Gasteiger partial charge in [-0.25, -0.2) is 0 Å². The highest BCUT2D eigenvalue weighted by Gasteiger charge is 2.23. The van der Waals surface area contributed by atoms with E-state index in [0.29, 0.717) is 27.9 Å². The van der Waals surface area contributed by atoms with Crippen molar-refractivity contribution < 1.29 is 19.1 Å². The second kappa shape index (κ2) is 11.4. The van der Waals surface area contributed by atoms with Gasteiger partial charge in [-0.2, -0.15) is 0 Å². The number of fused-ring (bicyclic) bond motifs is 1. The smallest absolute Gasteiger partial charge is 0.242 e. The zero-order valence-electron chi connectivity index (χ0n) is 19.6. The van der Waals surface area contributed by atoms with Crippen LogP contribution >= 0.6 is 23.4 Å². The Morgan fingerprint density at radius 2 is 1.51 bits per heavy atom. The van der Waals surface area contributed by atoms with Crippen LogP contribution in [0.4, 0.5) is 11.4 Å². The second-order valence-corrected chi connectivity index (χ2v) is 9.96. The van der Waals surface area contributed by atoms with E-state index in [1.54, 1.807) is 30.3 Å². The third-order valence-corrected chi connectivity index (χ3v) is 7.17. The van der Waals surface area contributed by atoms with Crippen molar-refractivity contribution in [2.75, 3.05) is 17.4 Å². The monoisotopic (exact) mass is 530 g/mol. The van der Waals surface area contributed by atoms with E-state index in [-0.39, 0.29) is 25.0 Å². The number of hydrogen-bond donors (Lipinski definition) is 2. The number of benzene rings is 4. The van der Waals surface area contributed by atoms with Crippen molar-refractivity contribution in [1.29, 1.82) is 0 Å². The summed E-state index contributed by atoms with van der Waals surface area (Å²) in [6, 6.07) is 29.6. The molecule has 1 aliphatic heterocycles. The molecular formula is C29H23ClN2O4S. The van der Waals surface area contributed by atoms with Gasteiger partial charge < -0.3 is 20.1 Å². The fourth-order valence-corrected chi connectivity index (χ4v) is 4.98. The number of anilines is 2. The molecule has 2 N–H and O–H groups in total. The van der Waals surface area contributed by atoms with Crippen molar-refractivity contribution in [3.8, 4) is 11.5 Å². The number of ether oxygens (including phenoxy) is 2. The summed E-state index contributed by atoms with van der Waals surface area (Å²) in [6.45, 7) is 0.173. The molecule has 0 aliphatic carbocycles. The molecule has 0 fully saturated rings. The number of hydrogen-bond acceptors (Lipinski definition) is 5. The van der Waals surface area contributed by atoms with Crippen LogP contribution in [0.5, 0.6) is 11.5 Å². The zero-order chi connectivity index (χ0) is 25.6.